The van der Waals surface area contributed by atoms with E-state index in [4.69, 9.17) is 14.9 Å². The number of carboxylic acid groups (broad SMARTS) is 2. The van der Waals surface area contributed by atoms with Crippen molar-refractivity contribution in [1.29, 1.82) is 0 Å². The van der Waals surface area contributed by atoms with E-state index < -0.39 is 36.1 Å². The summed E-state index contributed by atoms with van der Waals surface area (Å²) in [5.41, 5.74) is 0.806. The summed E-state index contributed by atoms with van der Waals surface area (Å²) in [6.07, 6.45) is 3.77. The number of aliphatic hydroxyl groups excluding tert-OH is 1. The zero-order valence-corrected chi connectivity index (χ0v) is 23.9. The van der Waals surface area contributed by atoms with Gasteiger partial charge in [0.1, 0.15) is 17.7 Å². The molecule has 11 nitrogen and oxygen atoms in total. The van der Waals surface area contributed by atoms with Crippen molar-refractivity contribution in [2.24, 2.45) is 11.8 Å². The van der Waals surface area contributed by atoms with Crippen molar-refractivity contribution < 1.29 is 48.0 Å². The van der Waals surface area contributed by atoms with Crippen LogP contribution in [0, 0.1) is 17.7 Å². The van der Waals surface area contributed by atoms with E-state index >= 15 is 0 Å². The SMILES string of the molecule is O=C(O)C=CC(=O)O.O=C1C2CC(O)C(F)CC2C(=O)N1CCCN1CCN(c2cc(F)ccc2OC2CCCC2)CC1. The Labute approximate surface area is 248 Å². The van der Waals surface area contributed by atoms with Crippen LogP contribution in [0.3, 0.4) is 0 Å². The Hall–Kier alpha value is -3.58. The van der Waals surface area contributed by atoms with Gasteiger partial charge < -0.3 is 25.0 Å². The molecule has 2 amide bonds. The van der Waals surface area contributed by atoms with Gasteiger partial charge >= 0.3 is 11.9 Å². The van der Waals surface area contributed by atoms with E-state index in [2.05, 4.69) is 9.80 Å². The summed E-state index contributed by atoms with van der Waals surface area (Å²) in [5.74, 6) is -3.80. The number of benzene rings is 1. The van der Waals surface area contributed by atoms with Crippen molar-refractivity contribution in [2.75, 3.05) is 44.2 Å². The van der Waals surface area contributed by atoms with E-state index in [9.17, 15) is 33.1 Å². The van der Waals surface area contributed by atoms with Crippen molar-refractivity contribution >= 4 is 29.4 Å². The normalized spacial score (nSPS) is 26.4. The molecule has 43 heavy (non-hydrogen) atoms. The third kappa shape index (κ3) is 8.50. The Morgan fingerprint density at radius 2 is 1.53 bits per heavy atom. The van der Waals surface area contributed by atoms with Crippen molar-refractivity contribution in [3.05, 3.63) is 36.2 Å². The van der Waals surface area contributed by atoms with Gasteiger partial charge in [-0.2, -0.15) is 0 Å². The smallest absolute Gasteiger partial charge is 0.328 e. The van der Waals surface area contributed by atoms with E-state index in [1.165, 1.54) is 23.8 Å². The van der Waals surface area contributed by atoms with Crippen LogP contribution in [0.15, 0.2) is 30.4 Å². The summed E-state index contributed by atoms with van der Waals surface area (Å²) in [5, 5.41) is 25.4. The molecule has 1 aromatic carbocycles. The maximum absolute atomic E-state index is 14.0. The van der Waals surface area contributed by atoms with Crippen LogP contribution in [0.1, 0.15) is 44.9 Å². The summed E-state index contributed by atoms with van der Waals surface area (Å²) >= 11 is 0. The monoisotopic (exact) mass is 607 g/mol. The number of piperazine rings is 1. The first-order valence-corrected chi connectivity index (χ1v) is 14.8. The summed E-state index contributed by atoms with van der Waals surface area (Å²) in [4.78, 5) is 50.2. The second kappa shape index (κ2) is 14.7. The lowest BCUT2D eigenvalue weighted by Crippen LogP contribution is -2.47. The third-order valence-electron chi connectivity index (χ3n) is 8.50. The van der Waals surface area contributed by atoms with Gasteiger partial charge in [-0.15, -0.1) is 0 Å². The van der Waals surface area contributed by atoms with Gasteiger partial charge in [0.15, 0.2) is 0 Å². The average molecular weight is 608 g/mol. The molecule has 4 aliphatic rings. The number of aliphatic carboxylic acids is 2. The molecule has 2 aliphatic carbocycles. The van der Waals surface area contributed by atoms with E-state index in [1.54, 1.807) is 12.1 Å². The van der Waals surface area contributed by atoms with E-state index in [0.717, 1.165) is 57.0 Å². The molecule has 2 saturated carbocycles. The number of carboxylic acids is 2. The molecule has 236 valence electrons. The Morgan fingerprint density at radius 3 is 2.14 bits per heavy atom. The van der Waals surface area contributed by atoms with Crippen LogP contribution in [0.5, 0.6) is 5.75 Å². The van der Waals surface area contributed by atoms with Gasteiger partial charge in [0.05, 0.1) is 29.7 Å². The fourth-order valence-corrected chi connectivity index (χ4v) is 6.24. The number of rotatable bonds is 9. The highest BCUT2D eigenvalue weighted by Gasteiger charge is 2.52. The molecule has 3 N–H and O–H groups in total. The molecule has 5 rings (SSSR count). The number of halogens is 2. The molecule has 2 heterocycles. The molecule has 0 spiro atoms. The first-order valence-electron chi connectivity index (χ1n) is 14.8. The molecule has 4 atom stereocenters. The average Bonchev–Trinajstić information content (AvgIpc) is 3.56. The molecule has 0 radical (unpaired) electrons. The largest absolute Gasteiger partial charge is 0.488 e. The third-order valence-corrected chi connectivity index (χ3v) is 8.50. The minimum atomic E-state index is -1.44. The first-order chi connectivity index (χ1) is 20.5. The summed E-state index contributed by atoms with van der Waals surface area (Å²) < 4.78 is 34.1. The molecule has 4 fully saturated rings. The zero-order valence-electron chi connectivity index (χ0n) is 23.9. The highest BCUT2D eigenvalue weighted by atomic mass is 19.1. The number of ether oxygens (including phenoxy) is 1. The van der Waals surface area contributed by atoms with Crippen LogP contribution in [0.25, 0.3) is 0 Å². The summed E-state index contributed by atoms with van der Waals surface area (Å²) in [7, 11) is 0. The lowest BCUT2D eigenvalue weighted by atomic mass is 9.78. The molecular formula is C30H39F2N3O8. The standard InChI is InChI=1S/C26H35F2N3O4.C4H4O4/c27-17-6-7-24(35-18-4-1-2-5-18)22(14-17)30-12-10-29(11-13-30)8-3-9-31-25(33)19-15-21(28)23(32)16-20(19)26(31)34;5-3(6)1-2-4(7)8/h6-7,14,18-21,23,32H,1-5,8-13,15-16H2;1-2H,(H,5,6)(H,7,8). The number of nitrogens with zero attached hydrogens (tertiary/aromatic N) is 3. The van der Waals surface area contributed by atoms with Gasteiger partial charge in [-0.05, 0) is 63.6 Å². The minimum absolute atomic E-state index is 0.0292. The molecule has 2 saturated heterocycles. The number of hydrogen-bond donors (Lipinski definition) is 3. The van der Waals surface area contributed by atoms with Crippen molar-refractivity contribution in [3.8, 4) is 5.75 Å². The van der Waals surface area contributed by atoms with E-state index in [1.807, 2.05) is 0 Å². The number of aliphatic hydroxyl groups is 1. The maximum atomic E-state index is 14.0. The second-order valence-electron chi connectivity index (χ2n) is 11.4. The zero-order chi connectivity index (χ0) is 31.1. The molecule has 4 unspecified atom stereocenters. The highest BCUT2D eigenvalue weighted by molar-refractivity contribution is 6.05. The summed E-state index contributed by atoms with van der Waals surface area (Å²) in [6, 6.07) is 4.75. The fourth-order valence-electron chi connectivity index (χ4n) is 6.24. The van der Waals surface area contributed by atoms with E-state index in [-0.39, 0.29) is 36.6 Å². The Balaban J connectivity index is 0.000000467. The number of hydrogen-bond acceptors (Lipinski definition) is 8. The number of fused-ring (bicyclic) bond motifs is 1. The molecule has 13 heteroatoms. The van der Waals surface area contributed by atoms with Crippen molar-refractivity contribution in [1.82, 2.24) is 9.80 Å². The van der Waals surface area contributed by atoms with Crippen molar-refractivity contribution in [3.63, 3.8) is 0 Å². The van der Waals surface area contributed by atoms with Gasteiger partial charge in [-0.1, -0.05) is 0 Å². The molecule has 1 aromatic rings. The molecule has 0 bridgehead atoms. The van der Waals surface area contributed by atoms with Gasteiger partial charge in [0.25, 0.3) is 0 Å². The van der Waals surface area contributed by atoms with Crippen LogP contribution < -0.4 is 9.64 Å². The van der Waals surface area contributed by atoms with Crippen LogP contribution in [0.4, 0.5) is 14.5 Å². The number of alkyl halides is 1. The first kappa shape index (κ1) is 32.3. The van der Waals surface area contributed by atoms with Gasteiger partial charge in [0.2, 0.25) is 11.8 Å². The van der Waals surface area contributed by atoms with Crippen LogP contribution in [-0.2, 0) is 19.2 Å². The molecular weight excluding hydrogens is 568 g/mol. The number of imide groups is 1. The topological polar surface area (TPSA) is 148 Å². The van der Waals surface area contributed by atoms with Crippen molar-refractivity contribution in [2.45, 2.75) is 63.3 Å². The van der Waals surface area contributed by atoms with E-state index in [0.29, 0.717) is 25.1 Å². The Kier molecular flexibility index (Phi) is 11.1. The number of anilines is 1. The van der Waals surface area contributed by atoms with Crippen LogP contribution in [-0.4, -0.2) is 107 Å². The quantitative estimate of drug-likeness (QED) is 0.283. The van der Waals surface area contributed by atoms with Crippen LogP contribution >= 0.6 is 0 Å². The number of amides is 2. The fraction of sp³-hybridized carbons (Fsp3) is 0.600. The van der Waals surface area contributed by atoms with Gasteiger partial charge in [0, 0.05) is 50.9 Å². The minimum Gasteiger partial charge on any atom is -0.488 e. The van der Waals surface area contributed by atoms with Crippen LogP contribution in [0.2, 0.25) is 0 Å². The number of carbonyl (C=O) groups excluding carboxylic acids is 2. The number of carbonyl (C=O) groups is 4. The highest BCUT2D eigenvalue weighted by Crippen LogP contribution is 2.39. The Bertz CT molecular complexity index is 1160. The van der Waals surface area contributed by atoms with Gasteiger partial charge in [-0.3, -0.25) is 19.4 Å². The summed E-state index contributed by atoms with van der Waals surface area (Å²) in [6.45, 7) is 4.13. The molecule has 0 aromatic heterocycles. The molecule has 2 aliphatic heterocycles. The lowest BCUT2D eigenvalue weighted by molar-refractivity contribution is -0.140. The Morgan fingerprint density at radius 1 is 0.930 bits per heavy atom. The lowest BCUT2D eigenvalue weighted by Gasteiger charge is -2.37. The maximum Gasteiger partial charge on any atom is 0.328 e. The number of likely N-dealkylation sites (tertiary alicyclic amines) is 1. The second-order valence-corrected chi connectivity index (χ2v) is 11.4. The predicted octanol–water partition coefficient (Wildman–Crippen LogP) is 2.46. The predicted molar refractivity (Wildman–Crippen MR) is 151 cm³/mol. The van der Waals surface area contributed by atoms with Gasteiger partial charge in [-0.25, -0.2) is 18.4 Å².